The van der Waals surface area contributed by atoms with Crippen molar-refractivity contribution in [2.45, 2.75) is 48.6 Å². The van der Waals surface area contributed by atoms with Crippen molar-refractivity contribution in [3.63, 3.8) is 0 Å². The fourth-order valence-corrected chi connectivity index (χ4v) is 5.76. The molecule has 0 bridgehead atoms. The number of hydrogen-bond acceptors (Lipinski definition) is 2. The van der Waals surface area contributed by atoms with Gasteiger partial charge >= 0.3 is 0 Å². The second-order valence-corrected chi connectivity index (χ2v) is 8.52. The van der Waals surface area contributed by atoms with E-state index in [1.54, 1.807) is 0 Å². The molecule has 0 spiro atoms. The molecular weight excluding hydrogens is 332 g/mol. The van der Waals surface area contributed by atoms with Gasteiger partial charge in [0.2, 0.25) is 0 Å². The molecule has 14 heavy (non-hydrogen) atoms. The molecule has 1 aliphatic carbocycles. The maximum atomic E-state index is 11.8. The van der Waals surface area contributed by atoms with Crippen molar-refractivity contribution in [3.05, 3.63) is 0 Å². The lowest BCUT2D eigenvalue weighted by Gasteiger charge is -2.24. The molecule has 5 heteroatoms. The van der Waals surface area contributed by atoms with Crippen LogP contribution in [0.5, 0.6) is 0 Å². The summed E-state index contributed by atoms with van der Waals surface area (Å²) < 4.78 is 23.6. The average molecular weight is 348 g/mol. The number of hydrogen-bond donors (Lipinski definition) is 0. The van der Waals surface area contributed by atoms with Crippen LogP contribution in [0.1, 0.15) is 38.5 Å². The van der Waals surface area contributed by atoms with E-state index in [1.807, 2.05) is 0 Å². The van der Waals surface area contributed by atoms with E-state index in [0.717, 1.165) is 25.7 Å². The van der Waals surface area contributed by atoms with E-state index in [0.29, 0.717) is 0 Å². The van der Waals surface area contributed by atoms with Crippen LogP contribution in [0.4, 0.5) is 0 Å². The first-order chi connectivity index (χ1) is 6.58. The van der Waals surface area contributed by atoms with Gasteiger partial charge in [-0.15, -0.1) is 0 Å². The molecule has 0 aromatic heterocycles. The Bertz CT molecular complexity index is 264. The van der Waals surface area contributed by atoms with E-state index in [-0.39, 0.29) is 14.7 Å². The van der Waals surface area contributed by atoms with E-state index < -0.39 is 9.84 Å². The molecule has 1 saturated carbocycles. The molecule has 1 aliphatic rings. The van der Waals surface area contributed by atoms with Crippen LogP contribution < -0.4 is 0 Å². The summed E-state index contributed by atoms with van der Waals surface area (Å²) in [6, 6.07) is 0. The fourth-order valence-electron chi connectivity index (χ4n) is 1.89. The molecule has 0 amide bonds. The Labute approximate surface area is 103 Å². The normalized spacial score (nSPS) is 30.7. The van der Waals surface area contributed by atoms with Crippen LogP contribution in [0.25, 0.3) is 0 Å². The molecule has 0 radical (unpaired) electrons. The molecule has 1 fully saturated rings. The van der Waals surface area contributed by atoms with Gasteiger partial charge in [-0.05, 0) is 12.8 Å². The maximum Gasteiger partial charge on any atom is 0.164 e. The van der Waals surface area contributed by atoms with Gasteiger partial charge in [0.1, 0.15) is 4.66 Å². The van der Waals surface area contributed by atoms with Crippen molar-refractivity contribution < 1.29 is 8.42 Å². The zero-order valence-corrected chi connectivity index (χ0v) is 12.1. The monoisotopic (exact) mass is 346 g/mol. The van der Waals surface area contributed by atoms with Gasteiger partial charge in [0, 0.05) is 4.83 Å². The zero-order chi connectivity index (χ0) is 10.6. The minimum absolute atomic E-state index is 0.0900. The second-order valence-electron chi connectivity index (χ2n) is 3.82. The fraction of sp³-hybridized carbons (Fsp3) is 1.00. The zero-order valence-electron chi connectivity index (χ0n) is 8.09. The van der Waals surface area contributed by atoms with Crippen LogP contribution in [-0.4, -0.2) is 23.2 Å². The van der Waals surface area contributed by atoms with Gasteiger partial charge in [-0.25, -0.2) is 8.42 Å². The Morgan fingerprint density at radius 1 is 1.07 bits per heavy atom. The highest BCUT2D eigenvalue weighted by Crippen LogP contribution is 2.28. The van der Waals surface area contributed by atoms with E-state index in [4.69, 9.17) is 0 Å². The Morgan fingerprint density at radius 3 is 2.21 bits per heavy atom. The first kappa shape index (κ1) is 13.0. The number of halogens is 2. The van der Waals surface area contributed by atoms with Crippen molar-refractivity contribution in [2.75, 3.05) is 4.66 Å². The Morgan fingerprint density at radius 2 is 1.64 bits per heavy atom. The summed E-state index contributed by atoms with van der Waals surface area (Å²) in [6.45, 7) is 0. The predicted molar refractivity (Wildman–Crippen MR) is 66.9 cm³/mol. The minimum Gasteiger partial charge on any atom is -0.228 e. The van der Waals surface area contributed by atoms with Gasteiger partial charge < -0.3 is 0 Å². The SMILES string of the molecule is O=S(=O)(CBr)C1CCCCCCC1Br. The summed E-state index contributed by atoms with van der Waals surface area (Å²) >= 11 is 6.59. The van der Waals surface area contributed by atoms with Crippen LogP contribution in [0.2, 0.25) is 0 Å². The predicted octanol–water partition coefficient (Wildman–Crippen LogP) is 3.24. The van der Waals surface area contributed by atoms with Crippen LogP contribution in [-0.2, 0) is 9.84 Å². The smallest absolute Gasteiger partial charge is 0.164 e. The van der Waals surface area contributed by atoms with Gasteiger partial charge in [0.25, 0.3) is 0 Å². The third-order valence-corrected chi connectivity index (χ3v) is 7.89. The van der Waals surface area contributed by atoms with E-state index >= 15 is 0 Å². The molecule has 0 aromatic carbocycles. The summed E-state index contributed by atoms with van der Waals surface area (Å²) in [5.74, 6) is 0. The van der Waals surface area contributed by atoms with Gasteiger partial charge in [0.05, 0.1) is 5.25 Å². The topological polar surface area (TPSA) is 34.1 Å². The number of sulfone groups is 1. The molecule has 0 aliphatic heterocycles. The number of alkyl halides is 2. The third-order valence-electron chi connectivity index (χ3n) is 2.74. The molecule has 0 saturated heterocycles. The van der Waals surface area contributed by atoms with E-state index in [2.05, 4.69) is 31.9 Å². The summed E-state index contributed by atoms with van der Waals surface area (Å²) in [5, 5.41) is -0.192. The van der Waals surface area contributed by atoms with Crippen molar-refractivity contribution >= 4 is 41.7 Å². The lowest BCUT2D eigenvalue weighted by Crippen LogP contribution is -2.32. The Hall–Kier alpha value is 0.910. The molecular formula is C9H16Br2O2S. The highest BCUT2D eigenvalue weighted by molar-refractivity contribution is 9.11. The molecule has 0 N–H and O–H groups in total. The maximum absolute atomic E-state index is 11.8. The van der Waals surface area contributed by atoms with Gasteiger partial charge in [-0.3, -0.25) is 0 Å². The average Bonchev–Trinajstić information content (AvgIpc) is 2.11. The molecule has 1 rings (SSSR count). The van der Waals surface area contributed by atoms with Gasteiger partial charge in [-0.2, -0.15) is 0 Å². The van der Waals surface area contributed by atoms with Crippen molar-refractivity contribution in [1.82, 2.24) is 0 Å². The molecule has 2 unspecified atom stereocenters. The first-order valence-corrected chi connectivity index (χ1v) is 8.75. The third kappa shape index (κ3) is 3.49. The molecule has 2 atom stereocenters. The summed E-state index contributed by atoms with van der Waals surface area (Å²) in [6.07, 6.45) is 6.39. The highest BCUT2D eigenvalue weighted by atomic mass is 79.9. The molecule has 84 valence electrons. The van der Waals surface area contributed by atoms with Crippen LogP contribution >= 0.6 is 31.9 Å². The first-order valence-electron chi connectivity index (χ1n) is 4.99. The molecule has 2 nitrogen and oxygen atoms in total. The van der Waals surface area contributed by atoms with Crippen molar-refractivity contribution in [1.29, 1.82) is 0 Å². The van der Waals surface area contributed by atoms with Crippen LogP contribution in [0.3, 0.4) is 0 Å². The van der Waals surface area contributed by atoms with Crippen LogP contribution in [0, 0.1) is 0 Å². The van der Waals surface area contributed by atoms with Crippen molar-refractivity contribution in [2.24, 2.45) is 0 Å². The lowest BCUT2D eigenvalue weighted by atomic mass is 10.0. The number of rotatable bonds is 2. The van der Waals surface area contributed by atoms with Crippen molar-refractivity contribution in [3.8, 4) is 0 Å². The van der Waals surface area contributed by atoms with Gasteiger partial charge in [-0.1, -0.05) is 57.5 Å². The molecule has 0 heterocycles. The van der Waals surface area contributed by atoms with E-state index in [1.165, 1.54) is 12.8 Å². The highest BCUT2D eigenvalue weighted by Gasteiger charge is 2.31. The minimum atomic E-state index is -2.94. The lowest BCUT2D eigenvalue weighted by molar-refractivity contribution is 0.500. The summed E-state index contributed by atoms with van der Waals surface area (Å²) in [4.78, 5) is 0.144. The quantitative estimate of drug-likeness (QED) is 0.718. The Kier molecular flexibility index (Phi) is 5.42. The van der Waals surface area contributed by atoms with Gasteiger partial charge in [0.15, 0.2) is 9.84 Å². The Balaban J connectivity index is 2.72. The summed E-state index contributed by atoms with van der Waals surface area (Å²) in [5.41, 5.74) is 0. The van der Waals surface area contributed by atoms with Crippen LogP contribution in [0.15, 0.2) is 0 Å². The second kappa shape index (κ2) is 5.85. The standard InChI is InChI=1S/C9H16Br2O2S/c10-7-14(12,13)9-6-4-2-1-3-5-8(9)11/h8-9H,1-7H2. The van der Waals surface area contributed by atoms with E-state index in [9.17, 15) is 8.42 Å². The summed E-state index contributed by atoms with van der Waals surface area (Å²) in [7, 11) is -2.94. The molecule has 0 aromatic rings. The largest absolute Gasteiger partial charge is 0.228 e.